The van der Waals surface area contributed by atoms with Crippen LogP contribution in [0.25, 0.3) is 0 Å². The number of carboxylic acid groups (broad SMARTS) is 1. The predicted molar refractivity (Wildman–Crippen MR) is 117 cm³/mol. The lowest BCUT2D eigenvalue weighted by Gasteiger charge is -2.11. The van der Waals surface area contributed by atoms with E-state index in [4.69, 9.17) is 24.1 Å². The molecule has 0 aliphatic heterocycles. The molecule has 2 rings (SSSR count). The van der Waals surface area contributed by atoms with Crippen molar-refractivity contribution in [2.24, 2.45) is 0 Å². The first kappa shape index (κ1) is 27.2. The standard InChI is InChI=1S/C21H24N2O6.C2H4O2/c1-12-13(2)23-18(14(3)22-12)11-27-21(26)9-7-17-6-8-19(28-15(4)24)20(10-17)29-16(5)25;1-2(3)4/h6,8,10H,7,9,11H2,1-5H3;1H3,(H,3,4). The number of aliphatic carboxylic acids is 1. The van der Waals surface area contributed by atoms with E-state index in [-0.39, 0.29) is 30.5 Å². The summed E-state index contributed by atoms with van der Waals surface area (Å²) in [7, 11) is 0. The number of aromatic nitrogens is 2. The fourth-order valence-corrected chi connectivity index (χ4v) is 2.55. The van der Waals surface area contributed by atoms with E-state index in [2.05, 4.69) is 9.97 Å². The molecular formula is C23H28N2O8. The Balaban J connectivity index is 0.00000125. The lowest BCUT2D eigenvalue weighted by Crippen LogP contribution is -2.10. The van der Waals surface area contributed by atoms with Crippen molar-refractivity contribution < 1.29 is 38.5 Å². The van der Waals surface area contributed by atoms with E-state index in [0.717, 1.165) is 29.6 Å². The average Bonchev–Trinajstić information content (AvgIpc) is 2.68. The second-order valence-electron chi connectivity index (χ2n) is 7.07. The Kier molecular flexibility index (Phi) is 10.6. The molecule has 0 saturated heterocycles. The van der Waals surface area contributed by atoms with E-state index in [0.29, 0.717) is 12.1 Å². The van der Waals surface area contributed by atoms with Gasteiger partial charge in [0.25, 0.3) is 5.97 Å². The molecule has 0 radical (unpaired) electrons. The minimum atomic E-state index is -0.833. The second-order valence-corrected chi connectivity index (χ2v) is 7.07. The summed E-state index contributed by atoms with van der Waals surface area (Å²) in [6, 6.07) is 4.78. The number of aryl methyl sites for hydroxylation is 4. The van der Waals surface area contributed by atoms with Gasteiger partial charge in [-0.3, -0.25) is 29.1 Å². The zero-order valence-electron chi connectivity index (χ0n) is 19.6. The molecule has 0 spiro atoms. The van der Waals surface area contributed by atoms with Gasteiger partial charge in [-0.05, 0) is 44.9 Å². The third-order valence-corrected chi connectivity index (χ3v) is 4.08. The molecule has 2 aromatic rings. The van der Waals surface area contributed by atoms with Crippen LogP contribution in [0.2, 0.25) is 0 Å². The van der Waals surface area contributed by atoms with Crippen LogP contribution < -0.4 is 9.47 Å². The number of carbonyl (C=O) groups excluding carboxylic acids is 3. The van der Waals surface area contributed by atoms with Crippen LogP contribution in [0.15, 0.2) is 18.2 Å². The maximum atomic E-state index is 12.1. The summed E-state index contributed by atoms with van der Waals surface area (Å²) < 4.78 is 15.4. The molecule has 0 fully saturated rings. The highest BCUT2D eigenvalue weighted by Crippen LogP contribution is 2.29. The highest BCUT2D eigenvalue weighted by atomic mass is 16.6. The molecule has 1 aromatic heterocycles. The highest BCUT2D eigenvalue weighted by Gasteiger charge is 2.13. The first-order chi connectivity index (χ1) is 15.4. The number of ether oxygens (including phenoxy) is 3. The number of carboxylic acids is 1. The lowest BCUT2D eigenvalue weighted by molar-refractivity contribution is -0.145. The number of hydrogen-bond acceptors (Lipinski definition) is 9. The number of hydrogen-bond donors (Lipinski definition) is 1. The summed E-state index contributed by atoms with van der Waals surface area (Å²) in [5.41, 5.74) is 3.74. The molecule has 0 bridgehead atoms. The summed E-state index contributed by atoms with van der Waals surface area (Å²) in [6.07, 6.45) is 0.495. The van der Waals surface area contributed by atoms with Crippen LogP contribution in [0.1, 0.15) is 55.5 Å². The van der Waals surface area contributed by atoms with E-state index >= 15 is 0 Å². The Bertz CT molecular complexity index is 1030. The second kappa shape index (κ2) is 12.9. The van der Waals surface area contributed by atoms with Gasteiger partial charge in [-0.15, -0.1) is 0 Å². The Morgan fingerprint density at radius 2 is 1.39 bits per heavy atom. The first-order valence-electron chi connectivity index (χ1n) is 10.0. The van der Waals surface area contributed by atoms with Gasteiger partial charge in [0.15, 0.2) is 11.5 Å². The van der Waals surface area contributed by atoms with Crippen LogP contribution >= 0.6 is 0 Å². The van der Waals surface area contributed by atoms with Crippen molar-refractivity contribution in [2.75, 3.05) is 0 Å². The molecular weight excluding hydrogens is 432 g/mol. The number of nitrogens with zero attached hydrogens (tertiary/aromatic N) is 2. The Hall–Kier alpha value is -3.82. The summed E-state index contributed by atoms with van der Waals surface area (Å²) in [5, 5.41) is 7.42. The zero-order chi connectivity index (χ0) is 25.1. The average molecular weight is 460 g/mol. The Morgan fingerprint density at radius 1 is 0.848 bits per heavy atom. The van der Waals surface area contributed by atoms with Gasteiger partial charge in [0.2, 0.25) is 0 Å². The molecule has 1 aromatic carbocycles. The minimum Gasteiger partial charge on any atom is -0.481 e. The molecule has 1 N–H and O–H groups in total. The van der Waals surface area contributed by atoms with Gasteiger partial charge in [-0.1, -0.05) is 6.07 Å². The number of benzene rings is 1. The van der Waals surface area contributed by atoms with Gasteiger partial charge >= 0.3 is 17.9 Å². The van der Waals surface area contributed by atoms with Crippen LogP contribution in [-0.2, 0) is 36.9 Å². The maximum absolute atomic E-state index is 12.1. The van der Waals surface area contributed by atoms with Crippen LogP contribution in [0.3, 0.4) is 0 Å². The lowest BCUT2D eigenvalue weighted by atomic mass is 10.1. The first-order valence-corrected chi connectivity index (χ1v) is 10.0. The third-order valence-electron chi connectivity index (χ3n) is 4.08. The summed E-state index contributed by atoms with van der Waals surface area (Å²) in [6.45, 7) is 9.20. The van der Waals surface area contributed by atoms with Crippen molar-refractivity contribution in [1.29, 1.82) is 0 Å². The molecule has 0 saturated carbocycles. The molecule has 10 heteroatoms. The van der Waals surface area contributed by atoms with E-state index in [1.807, 2.05) is 20.8 Å². The van der Waals surface area contributed by atoms with E-state index in [1.54, 1.807) is 12.1 Å². The SMILES string of the molecule is CC(=O)O.CC(=O)Oc1ccc(CCC(=O)OCc2nc(C)c(C)nc2C)cc1OC(C)=O. The van der Waals surface area contributed by atoms with Crippen molar-refractivity contribution in [3.05, 3.63) is 46.5 Å². The number of carbonyl (C=O) groups is 4. The topological polar surface area (TPSA) is 142 Å². The summed E-state index contributed by atoms with van der Waals surface area (Å²) >= 11 is 0. The molecule has 0 amide bonds. The van der Waals surface area contributed by atoms with Gasteiger partial charge in [-0.2, -0.15) is 0 Å². The third kappa shape index (κ3) is 10.4. The Labute approximate surface area is 191 Å². The molecule has 178 valence electrons. The van der Waals surface area contributed by atoms with Gasteiger partial charge in [0, 0.05) is 27.2 Å². The normalized spacial score (nSPS) is 9.88. The molecule has 0 unspecified atom stereocenters. The maximum Gasteiger partial charge on any atom is 0.308 e. The molecule has 33 heavy (non-hydrogen) atoms. The van der Waals surface area contributed by atoms with Crippen LogP contribution in [0, 0.1) is 20.8 Å². The monoisotopic (exact) mass is 460 g/mol. The van der Waals surface area contributed by atoms with Gasteiger partial charge in [0.05, 0.1) is 22.8 Å². The molecule has 1 heterocycles. The fourth-order valence-electron chi connectivity index (χ4n) is 2.55. The van der Waals surface area contributed by atoms with Crippen molar-refractivity contribution in [3.63, 3.8) is 0 Å². The minimum absolute atomic E-state index is 0.0584. The van der Waals surface area contributed by atoms with Crippen molar-refractivity contribution >= 4 is 23.9 Å². The molecule has 10 nitrogen and oxygen atoms in total. The van der Waals surface area contributed by atoms with E-state index < -0.39 is 17.9 Å². The van der Waals surface area contributed by atoms with E-state index in [1.165, 1.54) is 19.9 Å². The van der Waals surface area contributed by atoms with Crippen LogP contribution in [-0.4, -0.2) is 39.0 Å². The fraction of sp³-hybridized carbons (Fsp3) is 0.391. The van der Waals surface area contributed by atoms with Crippen LogP contribution in [0.5, 0.6) is 11.5 Å². The summed E-state index contributed by atoms with van der Waals surface area (Å²) in [4.78, 5) is 52.3. The largest absolute Gasteiger partial charge is 0.481 e. The van der Waals surface area contributed by atoms with Gasteiger partial charge in [-0.25, -0.2) is 0 Å². The molecule has 0 aliphatic carbocycles. The molecule has 0 atom stereocenters. The van der Waals surface area contributed by atoms with Crippen molar-refractivity contribution in [1.82, 2.24) is 9.97 Å². The predicted octanol–water partition coefficient (Wildman–Crippen LogP) is 3.02. The van der Waals surface area contributed by atoms with E-state index in [9.17, 15) is 14.4 Å². The van der Waals surface area contributed by atoms with Gasteiger partial charge in [0.1, 0.15) is 6.61 Å². The molecule has 0 aliphatic rings. The van der Waals surface area contributed by atoms with Crippen LogP contribution in [0.4, 0.5) is 0 Å². The zero-order valence-corrected chi connectivity index (χ0v) is 19.6. The quantitative estimate of drug-likeness (QED) is 0.484. The number of esters is 3. The Morgan fingerprint density at radius 3 is 1.97 bits per heavy atom. The number of rotatable bonds is 7. The highest BCUT2D eigenvalue weighted by molar-refractivity contribution is 5.74. The van der Waals surface area contributed by atoms with Gasteiger partial charge < -0.3 is 19.3 Å². The summed E-state index contributed by atoms with van der Waals surface area (Å²) in [5.74, 6) is -2.02. The smallest absolute Gasteiger partial charge is 0.308 e. The van der Waals surface area contributed by atoms with Crippen molar-refractivity contribution in [2.45, 2.75) is 61.0 Å². The van der Waals surface area contributed by atoms with Crippen molar-refractivity contribution in [3.8, 4) is 11.5 Å².